The van der Waals surface area contributed by atoms with Crippen LogP contribution in [0, 0.1) is 11.8 Å². The topological polar surface area (TPSA) is 129 Å². The molecule has 13 heteroatoms. The number of carboxylic acid groups (broad SMARTS) is 1. The molecule has 2 fully saturated rings. The first kappa shape index (κ1) is 27.2. The van der Waals surface area contributed by atoms with Gasteiger partial charge in [-0.1, -0.05) is 24.6 Å². The Kier molecular flexibility index (Phi) is 7.46. The molecule has 40 heavy (non-hydrogen) atoms. The number of alkyl halides is 3. The summed E-state index contributed by atoms with van der Waals surface area (Å²) in [6.07, 6.45) is -1.78. The molecular formula is C27H26F3N5O5. The van der Waals surface area contributed by atoms with Gasteiger partial charge >= 0.3 is 12.1 Å². The van der Waals surface area contributed by atoms with E-state index in [1.807, 2.05) is 4.90 Å². The van der Waals surface area contributed by atoms with Crippen molar-refractivity contribution in [2.24, 2.45) is 11.8 Å². The van der Waals surface area contributed by atoms with E-state index in [0.717, 1.165) is 6.42 Å². The lowest BCUT2D eigenvalue weighted by molar-refractivity contribution is -0.153. The number of amides is 2. The summed E-state index contributed by atoms with van der Waals surface area (Å²) in [6.45, 7) is 1.78. The van der Waals surface area contributed by atoms with Crippen LogP contribution in [0.4, 0.5) is 24.7 Å². The van der Waals surface area contributed by atoms with Gasteiger partial charge < -0.3 is 24.6 Å². The van der Waals surface area contributed by atoms with Crippen molar-refractivity contribution < 1.29 is 37.1 Å². The van der Waals surface area contributed by atoms with E-state index in [4.69, 9.17) is 4.42 Å². The minimum atomic E-state index is -4.93. The van der Waals surface area contributed by atoms with Gasteiger partial charge in [-0.2, -0.15) is 13.2 Å². The van der Waals surface area contributed by atoms with E-state index in [1.54, 1.807) is 29.2 Å². The van der Waals surface area contributed by atoms with Crippen LogP contribution in [0.5, 0.6) is 0 Å². The smallest absolute Gasteiger partial charge is 0.452 e. The summed E-state index contributed by atoms with van der Waals surface area (Å²) in [5.41, 5.74) is -0.422. The van der Waals surface area contributed by atoms with Crippen molar-refractivity contribution in [1.29, 1.82) is 0 Å². The van der Waals surface area contributed by atoms with Crippen molar-refractivity contribution in [1.82, 2.24) is 14.9 Å². The Hall–Kier alpha value is -4.42. The highest BCUT2D eigenvalue weighted by Crippen LogP contribution is 2.36. The summed E-state index contributed by atoms with van der Waals surface area (Å²) in [4.78, 5) is 48.8. The van der Waals surface area contributed by atoms with Gasteiger partial charge in [0.2, 0.25) is 17.6 Å². The maximum atomic E-state index is 13.6. The highest BCUT2D eigenvalue weighted by molar-refractivity contribution is 6.04. The SMILES string of the molecule is O=C(Nc1ccc(N2CCN(C(=O)[C@H]3CCC[C@@H]3C(=O)O)CC2)nc1)c1nc(-c2ccccc2)oc1C(F)(F)F. The van der Waals surface area contributed by atoms with Gasteiger partial charge in [-0.3, -0.25) is 14.4 Å². The average molecular weight is 558 g/mol. The third kappa shape index (κ3) is 5.63. The number of carboxylic acids is 1. The van der Waals surface area contributed by atoms with Gasteiger partial charge in [0.05, 0.1) is 23.7 Å². The number of aliphatic carboxylic acids is 1. The number of carbonyl (C=O) groups excluding carboxylic acids is 2. The first-order valence-electron chi connectivity index (χ1n) is 12.8. The van der Waals surface area contributed by atoms with E-state index in [0.29, 0.717) is 50.4 Å². The predicted octanol–water partition coefficient (Wildman–Crippen LogP) is 4.16. The van der Waals surface area contributed by atoms with Crippen molar-refractivity contribution in [2.45, 2.75) is 25.4 Å². The van der Waals surface area contributed by atoms with Crippen molar-refractivity contribution in [3.8, 4) is 11.5 Å². The number of oxazole rings is 1. The molecule has 1 saturated heterocycles. The molecule has 1 saturated carbocycles. The molecule has 0 radical (unpaired) electrons. The number of hydrogen-bond acceptors (Lipinski definition) is 7. The largest absolute Gasteiger partial charge is 0.481 e. The molecule has 10 nitrogen and oxygen atoms in total. The second-order valence-electron chi connectivity index (χ2n) is 9.71. The molecule has 3 aromatic rings. The highest BCUT2D eigenvalue weighted by Gasteiger charge is 2.42. The molecule has 210 valence electrons. The Morgan fingerprint density at radius 2 is 1.68 bits per heavy atom. The van der Waals surface area contributed by atoms with Crippen molar-refractivity contribution >= 4 is 29.3 Å². The minimum absolute atomic E-state index is 0.128. The van der Waals surface area contributed by atoms with Gasteiger partial charge in [-0.25, -0.2) is 9.97 Å². The predicted molar refractivity (Wildman–Crippen MR) is 136 cm³/mol. The quantitative estimate of drug-likeness (QED) is 0.463. The fourth-order valence-corrected chi connectivity index (χ4v) is 5.15. The number of benzene rings is 1. The number of nitrogens with zero attached hydrogens (tertiary/aromatic N) is 4. The van der Waals surface area contributed by atoms with E-state index in [9.17, 15) is 32.7 Å². The van der Waals surface area contributed by atoms with E-state index in [-0.39, 0.29) is 17.5 Å². The molecule has 0 bridgehead atoms. The number of halogens is 3. The number of anilines is 2. The first-order valence-corrected chi connectivity index (χ1v) is 12.8. The van der Waals surface area contributed by atoms with Gasteiger partial charge in [-0.05, 0) is 37.1 Å². The summed E-state index contributed by atoms with van der Waals surface area (Å²) in [5, 5.41) is 11.8. The zero-order chi connectivity index (χ0) is 28.4. The number of piperazine rings is 1. The third-order valence-electron chi connectivity index (χ3n) is 7.19. The molecule has 2 amide bonds. The molecule has 5 rings (SSSR count). The lowest BCUT2D eigenvalue weighted by atomic mass is 9.94. The van der Waals surface area contributed by atoms with Gasteiger partial charge in [-0.15, -0.1) is 0 Å². The van der Waals surface area contributed by atoms with Crippen LogP contribution < -0.4 is 10.2 Å². The lowest BCUT2D eigenvalue weighted by Crippen LogP contribution is -2.51. The maximum absolute atomic E-state index is 13.6. The molecule has 0 spiro atoms. The summed E-state index contributed by atoms with van der Waals surface area (Å²) in [7, 11) is 0. The van der Waals surface area contributed by atoms with E-state index in [1.165, 1.54) is 24.4 Å². The summed E-state index contributed by atoms with van der Waals surface area (Å²) in [5.74, 6) is -4.52. The van der Waals surface area contributed by atoms with Gasteiger partial charge in [0.25, 0.3) is 5.91 Å². The van der Waals surface area contributed by atoms with Crippen LogP contribution >= 0.6 is 0 Å². The van der Waals surface area contributed by atoms with Crippen LogP contribution in [0.1, 0.15) is 35.5 Å². The normalized spacial score (nSPS) is 19.5. The molecule has 2 aromatic heterocycles. The monoisotopic (exact) mass is 557 g/mol. The van der Waals surface area contributed by atoms with E-state index in [2.05, 4.69) is 15.3 Å². The zero-order valence-corrected chi connectivity index (χ0v) is 21.2. The number of aromatic nitrogens is 2. The number of hydrogen-bond donors (Lipinski definition) is 2. The molecule has 2 atom stereocenters. The number of nitrogens with one attached hydrogen (secondary N) is 1. The molecule has 2 N–H and O–H groups in total. The van der Waals surface area contributed by atoms with Gasteiger partial charge in [0, 0.05) is 31.7 Å². The highest BCUT2D eigenvalue weighted by atomic mass is 19.4. The maximum Gasteiger partial charge on any atom is 0.452 e. The van der Waals surface area contributed by atoms with E-state index >= 15 is 0 Å². The molecule has 3 heterocycles. The number of carbonyl (C=O) groups is 3. The molecular weight excluding hydrogens is 531 g/mol. The molecule has 1 aromatic carbocycles. The van der Waals surface area contributed by atoms with Crippen LogP contribution in [-0.2, 0) is 15.8 Å². The Bertz CT molecular complexity index is 1390. The lowest BCUT2D eigenvalue weighted by Gasteiger charge is -2.37. The Balaban J connectivity index is 1.22. The second kappa shape index (κ2) is 11.0. The summed E-state index contributed by atoms with van der Waals surface area (Å²) < 4.78 is 45.6. The molecule has 1 aliphatic carbocycles. The van der Waals surface area contributed by atoms with Crippen molar-refractivity contribution in [2.75, 3.05) is 36.4 Å². The van der Waals surface area contributed by atoms with Gasteiger partial charge in [0.15, 0.2) is 5.69 Å². The molecule has 1 aliphatic heterocycles. The average Bonchev–Trinajstić information content (AvgIpc) is 3.62. The standard InChI is InChI=1S/C27H26F3N5O5/c28-27(29,30)22-21(33-24(40-22)16-5-2-1-3-6-16)23(36)32-17-9-10-20(31-15-17)34-11-13-35(14-12-34)25(37)18-7-4-8-19(18)26(38)39/h1-3,5-6,9-10,15,18-19H,4,7-8,11-14H2,(H,32,36)(H,38,39)/t18-,19-/m0/s1. The fraction of sp³-hybridized carbons (Fsp3) is 0.370. The van der Waals surface area contributed by atoms with Crippen LogP contribution in [0.2, 0.25) is 0 Å². The van der Waals surface area contributed by atoms with Crippen LogP contribution in [0.15, 0.2) is 53.1 Å². The Morgan fingerprint density at radius 3 is 2.30 bits per heavy atom. The third-order valence-corrected chi connectivity index (χ3v) is 7.19. The summed E-state index contributed by atoms with van der Waals surface area (Å²) >= 11 is 0. The number of pyridine rings is 1. The van der Waals surface area contributed by atoms with E-state index < -0.39 is 41.3 Å². The first-order chi connectivity index (χ1) is 19.1. The van der Waals surface area contributed by atoms with Crippen LogP contribution in [-0.4, -0.2) is 63.9 Å². The van der Waals surface area contributed by atoms with Crippen LogP contribution in [0.25, 0.3) is 11.5 Å². The Morgan fingerprint density at radius 1 is 0.975 bits per heavy atom. The van der Waals surface area contributed by atoms with Crippen molar-refractivity contribution in [3.63, 3.8) is 0 Å². The number of rotatable bonds is 6. The summed E-state index contributed by atoms with van der Waals surface area (Å²) in [6, 6.07) is 11.1. The zero-order valence-electron chi connectivity index (χ0n) is 21.2. The molecule has 2 aliphatic rings. The fourth-order valence-electron chi connectivity index (χ4n) is 5.15. The Labute approximate surface area is 226 Å². The van der Waals surface area contributed by atoms with Crippen LogP contribution in [0.3, 0.4) is 0 Å². The minimum Gasteiger partial charge on any atom is -0.481 e. The second-order valence-corrected chi connectivity index (χ2v) is 9.71. The van der Waals surface area contributed by atoms with Gasteiger partial charge in [0.1, 0.15) is 5.82 Å². The van der Waals surface area contributed by atoms with Crippen molar-refractivity contribution in [3.05, 3.63) is 60.1 Å². The molecule has 0 unspecified atom stereocenters.